The second kappa shape index (κ2) is 7.25. The Morgan fingerprint density at radius 2 is 2.08 bits per heavy atom. The molecule has 5 nitrogen and oxygen atoms in total. The molecule has 1 unspecified atom stereocenters. The molecule has 2 aromatic heterocycles. The van der Waals surface area contributed by atoms with Crippen LogP contribution in [-0.2, 0) is 6.54 Å². The number of nitrogens with zero attached hydrogens (tertiary/aromatic N) is 4. The Hall–Kier alpha value is -1.50. The molecule has 4 rings (SSSR count). The lowest BCUT2D eigenvalue weighted by Gasteiger charge is -2.49. The number of piperidine rings is 2. The van der Waals surface area contributed by atoms with Crippen molar-refractivity contribution in [3.05, 3.63) is 40.0 Å². The van der Waals surface area contributed by atoms with Gasteiger partial charge in [0.1, 0.15) is 5.82 Å². The summed E-state index contributed by atoms with van der Waals surface area (Å²) < 4.78 is 0. The summed E-state index contributed by atoms with van der Waals surface area (Å²) in [5.41, 5.74) is 1.68. The predicted molar refractivity (Wildman–Crippen MR) is 106 cm³/mol. The van der Waals surface area contributed by atoms with E-state index in [2.05, 4.69) is 39.7 Å². The van der Waals surface area contributed by atoms with E-state index in [0.29, 0.717) is 6.54 Å². The summed E-state index contributed by atoms with van der Waals surface area (Å²) in [6.07, 6.45) is 8.16. The van der Waals surface area contributed by atoms with Gasteiger partial charge in [-0.15, -0.1) is 11.3 Å². The van der Waals surface area contributed by atoms with Crippen LogP contribution in [0.2, 0.25) is 0 Å². The van der Waals surface area contributed by atoms with Crippen LogP contribution in [0.15, 0.2) is 24.7 Å². The van der Waals surface area contributed by atoms with Crippen molar-refractivity contribution in [2.75, 3.05) is 31.1 Å². The first-order valence-electron chi connectivity index (χ1n) is 9.50. The summed E-state index contributed by atoms with van der Waals surface area (Å²) in [6.45, 7) is 9.34. The van der Waals surface area contributed by atoms with Crippen molar-refractivity contribution in [3.63, 3.8) is 0 Å². The summed E-state index contributed by atoms with van der Waals surface area (Å²) in [4.78, 5) is 16.3. The van der Waals surface area contributed by atoms with Gasteiger partial charge in [-0.1, -0.05) is 0 Å². The Labute approximate surface area is 159 Å². The first-order chi connectivity index (χ1) is 12.5. The van der Waals surface area contributed by atoms with Crippen LogP contribution in [0.4, 0.5) is 5.82 Å². The molecule has 1 atom stereocenters. The van der Waals surface area contributed by atoms with E-state index in [1.54, 1.807) is 12.4 Å². The van der Waals surface area contributed by atoms with Crippen LogP contribution in [0.1, 0.15) is 34.6 Å². The zero-order chi connectivity index (χ0) is 18.1. The maximum absolute atomic E-state index is 10.5. The number of aromatic nitrogens is 2. The first kappa shape index (κ1) is 17.9. The Balaban J connectivity index is 1.41. The van der Waals surface area contributed by atoms with Crippen LogP contribution in [-0.4, -0.2) is 52.3 Å². The number of anilines is 1. The second-order valence-corrected chi connectivity index (χ2v) is 9.48. The van der Waals surface area contributed by atoms with Gasteiger partial charge in [0.15, 0.2) is 0 Å². The van der Waals surface area contributed by atoms with Gasteiger partial charge in [0, 0.05) is 41.8 Å². The predicted octanol–water partition coefficient (Wildman–Crippen LogP) is 3.01. The highest BCUT2D eigenvalue weighted by molar-refractivity contribution is 7.12. The average Bonchev–Trinajstić information content (AvgIpc) is 2.94. The monoisotopic (exact) mass is 372 g/mol. The summed E-state index contributed by atoms with van der Waals surface area (Å²) in [5.74, 6) is 0.887. The van der Waals surface area contributed by atoms with Gasteiger partial charge in [0.05, 0.1) is 12.3 Å². The minimum Gasteiger partial charge on any atom is -0.391 e. The number of hydrogen-bond donors (Lipinski definition) is 1. The molecule has 0 saturated carbocycles. The number of aryl methyl sites for hydroxylation is 2. The smallest absolute Gasteiger partial charge is 0.147 e. The molecule has 0 aliphatic carbocycles. The largest absolute Gasteiger partial charge is 0.391 e. The molecule has 0 bridgehead atoms. The van der Waals surface area contributed by atoms with E-state index in [9.17, 15) is 5.11 Å². The van der Waals surface area contributed by atoms with Crippen LogP contribution in [0.5, 0.6) is 0 Å². The Bertz CT molecular complexity index is 740. The first-order valence-corrected chi connectivity index (χ1v) is 10.3. The van der Waals surface area contributed by atoms with Crippen LogP contribution in [0, 0.1) is 19.3 Å². The van der Waals surface area contributed by atoms with E-state index in [4.69, 9.17) is 0 Å². The van der Waals surface area contributed by atoms with E-state index in [-0.39, 0.29) is 11.5 Å². The van der Waals surface area contributed by atoms with E-state index in [0.717, 1.165) is 51.3 Å². The summed E-state index contributed by atoms with van der Waals surface area (Å²) in [6, 6.07) is 2.34. The van der Waals surface area contributed by atoms with E-state index in [1.807, 2.05) is 17.5 Å². The number of hydrogen-bond acceptors (Lipinski definition) is 6. The molecule has 2 aliphatic heterocycles. The third-order valence-corrected chi connectivity index (χ3v) is 6.96. The van der Waals surface area contributed by atoms with Crippen molar-refractivity contribution in [2.45, 2.75) is 45.8 Å². The summed E-state index contributed by atoms with van der Waals surface area (Å²) in [5, 5.41) is 10.5. The maximum Gasteiger partial charge on any atom is 0.147 e. The van der Waals surface area contributed by atoms with Crippen LogP contribution in [0.3, 0.4) is 0 Å². The van der Waals surface area contributed by atoms with E-state index in [1.165, 1.54) is 15.3 Å². The minimum absolute atomic E-state index is 0.200. The molecule has 2 saturated heterocycles. The highest BCUT2D eigenvalue weighted by atomic mass is 32.1. The summed E-state index contributed by atoms with van der Waals surface area (Å²) >= 11 is 1.90. The molecule has 2 aromatic rings. The number of rotatable bonds is 3. The molecule has 0 amide bonds. The zero-order valence-electron chi connectivity index (χ0n) is 15.7. The molecule has 2 fully saturated rings. The highest BCUT2D eigenvalue weighted by Gasteiger charge is 2.42. The maximum atomic E-state index is 10.5. The molecule has 0 aromatic carbocycles. The molecular formula is C20H28N4OS. The fraction of sp³-hybridized carbons (Fsp3) is 0.600. The van der Waals surface area contributed by atoms with Crippen molar-refractivity contribution >= 4 is 17.2 Å². The molecule has 4 heterocycles. The molecule has 1 N–H and O–H groups in total. The van der Waals surface area contributed by atoms with Gasteiger partial charge in [-0.3, -0.25) is 9.88 Å². The number of β-amino-alcohol motifs (C(OH)–C–C–N with tert-alkyl or cyclic N) is 1. The fourth-order valence-electron chi connectivity index (χ4n) is 4.61. The average molecular weight is 373 g/mol. The number of aliphatic hydroxyl groups is 1. The molecule has 140 valence electrons. The number of aliphatic hydroxyl groups excluding tert-OH is 1. The van der Waals surface area contributed by atoms with E-state index < -0.39 is 0 Å². The van der Waals surface area contributed by atoms with Gasteiger partial charge < -0.3 is 10.0 Å². The molecular weight excluding hydrogens is 344 g/mol. The third kappa shape index (κ3) is 3.77. The Morgan fingerprint density at radius 1 is 1.27 bits per heavy atom. The van der Waals surface area contributed by atoms with E-state index >= 15 is 0 Å². The van der Waals surface area contributed by atoms with Crippen molar-refractivity contribution < 1.29 is 5.11 Å². The fourth-order valence-corrected chi connectivity index (χ4v) is 5.55. The SMILES string of the molecule is Cc1cc(CN2CCC3(CC2)CC(O)CN(c2cnccn2)C3)c(C)s1. The Kier molecular flexibility index (Phi) is 4.99. The molecule has 0 radical (unpaired) electrons. The van der Waals surface area contributed by atoms with Gasteiger partial charge in [0.2, 0.25) is 0 Å². The third-order valence-electron chi connectivity index (χ3n) is 5.95. The van der Waals surface area contributed by atoms with Gasteiger partial charge in [-0.2, -0.15) is 0 Å². The van der Waals surface area contributed by atoms with Crippen LogP contribution in [0.25, 0.3) is 0 Å². The standard InChI is InChI=1S/C20H28N4OS/c1-15-9-17(16(2)26-15)12-23-7-3-20(4-8-23)10-18(25)13-24(14-20)19-11-21-5-6-22-19/h5-6,9,11,18,25H,3-4,7-8,10,12-14H2,1-2H3. The van der Waals surface area contributed by atoms with Gasteiger partial charge in [-0.05, 0) is 63.2 Å². The van der Waals surface area contributed by atoms with Crippen molar-refractivity contribution in [3.8, 4) is 0 Å². The molecule has 26 heavy (non-hydrogen) atoms. The lowest BCUT2D eigenvalue weighted by atomic mass is 9.71. The highest BCUT2D eigenvalue weighted by Crippen LogP contribution is 2.41. The minimum atomic E-state index is -0.279. The van der Waals surface area contributed by atoms with Crippen molar-refractivity contribution in [1.82, 2.24) is 14.9 Å². The number of likely N-dealkylation sites (tertiary alicyclic amines) is 1. The van der Waals surface area contributed by atoms with Crippen LogP contribution >= 0.6 is 11.3 Å². The quantitative estimate of drug-likeness (QED) is 0.898. The molecule has 1 spiro atoms. The Morgan fingerprint density at radius 3 is 2.73 bits per heavy atom. The second-order valence-electron chi connectivity index (χ2n) is 8.02. The lowest BCUT2D eigenvalue weighted by molar-refractivity contribution is 0.0244. The van der Waals surface area contributed by atoms with Gasteiger partial charge in [-0.25, -0.2) is 4.98 Å². The van der Waals surface area contributed by atoms with Crippen LogP contribution < -0.4 is 4.90 Å². The van der Waals surface area contributed by atoms with Gasteiger partial charge >= 0.3 is 0 Å². The number of thiophene rings is 1. The zero-order valence-corrected chi connectivity index (χ0v) is 16.5. The lowest BCUT2D eigenvalue weighted by Crippen LogP contribution is -2.54. The summed E-state index contributed by atoms with van der Waals surface area (Å²) in [7, 11) is 0. The van der Waals surface area contributed by atoms with Crippen molar-refractivity contribution in [1.29, 1.82) is 0 Å². The van der Waals surface area contributed by atoms with Gasteiger partial charge in [0.25, 0.3) is 0 Å². The topological polar surface area (TPSA) is 52.5 Å². The molecule has 2 aliphatic rings. The van der Waals surface area contributed by atoms with Crippen molar-refractivity contribution in [2.24, 2.45) is 5.41 Å². The normalized spacial score (nSPS) is 23.5. The molecule has 6 heteroatoms.